The SMILES string of the molecule is Cc1ccc(C(=O)NC2CCCCC2CO)cc1N. The number of carbonyl (C=O) groups excluding carboxylic acids is 1. The fourth-order valence-corrected chi connectivity index (χ4v) is 2.65. The molecule has 19 heavy (non-hydrogen) atoms. The second-order valence-corrected chi connectivity index (χ2v) is 5.38. The van der Waals surface area contributed by atoms with E-state index in [9.17, 15) is 9.90 Å². The minimum absolute atomic E-state index is 0.0776. The molecule has 1 aromatic rings. The van der Waals surface area contributed by atoms with E-state index in [1.165, 1.54) is 0 Å². The maximum atomic E-state index is 12.2. The van der Waals surface area contributed by atoms with Crippen LogP contribution in [0.4, 0.5) is 5.69 Å². The summed E-state index contributed by atoms with van der Waals surface area (Å²) in [4.78, 5) is 12.2. The van der Waals surface area contributed by atoms with Crippen LogP contribution in [0.5, 0.6) is 0 Å². The Kier molecular flexibility index (Phi) is 4.43. The highest BCUT2D eigenvalue weighted by molar-refractivity contribution is 5.95. The van der Waals surface area contributed by atoms with E-state index in [1.54, 1.807) is 12.1 Å². The number of hydrogen-bond acceptors (Lipinski definition) is 3. The number of carbonyl (C=O) groups is 1. The van der Waals surface area contributed by atoms with E-state index < -0.39 is 0 Å². The molecule has 0 saturated heterocycles. The van der Waals surface area contributed by atoms with Gasteiger partial charge in [-0.15, -0.1) is 0 Å². The van der Waals surface area contributed by atoms with Gasteiger partial charge in [-0.2, -0.15) is 0 Å². The predicted octanol–water partition coefficient (Wildman–Crippen LogP) is 1.86. The van der Waals surface area contributed by atoms with Gasteiger partial charge in [-0.1, -0.05) is 18.9 Å². The van der Waals surface area contributed by atoms with Crippen LogP contribution in [0.2, 0.25) is 0 Å². The third kappa shape index (κ3) is 3.26. The summed E-state index contributed by atoms with van der Waals surface area (Å²) in [6, 6.07) is 5.43. The van der Waals surface area contributed by atoms with Crippen molar-refractivity contribution in [3.8, 4) is 0 Å². The number of rotatable bonds is 3. The van der Waals surface area contributed by atoms with Crippen molar-refractivity contribution in [2.45, 2.75) is 38.6 Å². The van der Waals surface area contributed by atoms with Crippen molar-refractivity contribution in [2.24, 2.45) is 5.92 Å². The first-order chi connectivity index (χ1) is 9.11. The fraction of sp³-hybridized carbons (Fsp3) is 0.533. The lowest BCUT2D eigenvalue weighted by atomic mass is 9.85. The highest BCUT2D eigenvalue weighted by atomic mass is 16.3. The minimum atomic E-state index is -0.1000. The molecular formula is C15H22N2O2. The molecular weight excluding hydrogens is 240 g/mol. The molecule has 1 amide bonds. The second kappa shape index (κ2) is 6.06. The average molecular weight is 262 g/mol. The van der Waals surface area contributed by atoms with Crippen LogP contribution in [0.15, 0.2) is 18.2 Å². The van der Waals surface area contributed by atoms with E-state index in [0.717, 1.165) is 31.2 Å². The molecule has 0 aromatic heterocycles. The van der Waals surface area contributed by atoms with Gasteiger partial charge in [0.1, 0.15) is 0 Å². The zero-order valence-electron chi connectivity index (χ0n) is 11.4. The minimum Gasteiger partial charge on any atom is -0.398 e. The van der Waals surface area contributed by atoms with Crippen LogP contribution in [-0.2, 0) is 0 Å². The van der Waals surface area contributed by atoms with Crippen molar-refractivity contribution < 1.29 is 9.90 Å². The molecule has 0 bridgehead atoms. The number of nitrogens with two attached hydrogens (primary N) is 1. The van der Waals surface area contributed by atoms with Crippen LogP contribution in [-0.4, -0.2) is 23.7 Å². The van der Waals surface area contributed by atoms with Crippen LogP contribution >= 0.6 is 0 Å². The first-order valence-corrected chi connectivity index (χ1v) is 6.89. The zero-order chi connectivity index (χ0) is 13.8. The zero-order valence-corrected chi connectivity index (χ0v) is 11.4. The van der Waals surface area contributed by atoms with Gasteiger partial charge in [0.25, 0.3) is 5.91 Å². The lowest BCUT2D eigenvalue weighted by Gasteiger charge is -2.30. The molecule has 1 saturated carbocycles. The molecule has 1 fully saturated rings. The maximum Gasteiger partial charge on any atom is 0.251 e. The normalized spacial score (nSPS) is 23.1. The number of aryl methyl sites for hydroxylation is 1. The van der Waals surface area contributed by atoms with Crippen LogP contribution in [0.25, 0.3) is 0 Å². The Labute approximate surface area is 114 Å². The van der Waals surface area contributed by atoms with Crippen molar-refractivity contribution in [1.82, 2.24) is 5.32 Å². The van der Waals surface area contributed by atoms with Crippen LogP contribution in [0, 0.1) is 12.8 Å². The molecule has 1 aromatic carbocycles. The van der Waals surface area contributed by atoms with Crippen molar-refractivity contribution in [2.75, 3.05) is 12.3 Å². The molecule has 4 N–H and O–H groups in total. The van der Waals surface area contributed by atoms with Gasteiger partial charge >= 0.3 is 0 Å². The summed E-state index contributed by atoms with van der Waals surface area (Å²) < 4.78 is 0. The number of aliphatic hydroxyl groups excluding tert-OH is 1. The molecule has 104 valence electrons. The fourth-order valence-electron chi connectivity index (χ4n) is 2.65. The van der Waals surface area contributed by atoms with Gasteiger partial charge in [0.2, 0.25) is 0 Å². The van der Waals surface area contributed by atoms with E-state index >= 15 is 0 Å². The number of anilines is 1. The highest BCUT2D eigenvalue weighted by Gasteiger charge is 2.26. The van der Waals surface area contributed by atoms with Gasteiger partial charge in [-0.25, -0.2) is 0 Å². The standard InChI is InChI=1S/C15H22N2O2/c1-10-6-7-11(8-13(10)16)15(19)17-14-5-3-2-4-12(14)9-18/h6-8,12,14,18H,2-5,9,16H2,1H3,(H,17,19). The topological polar surface area (TPSA) is 75.3 Å². The van der Waals surface area contributed by atoms with Gasteiger partial charge in [-0.3, -0.25) is 4.79 Å². The van der Waals surface area contributed by atoms with Crippen LogP contribution in [0.1, 0.15) is 41.6 Å². The first-order valence-electron chi connectivity index (χ1n) is 6.89. The summed E-state index contributed by atoms with van der Waals surface area (Å²) in [6.45, 7) is 2.06. The van der Waals surface area contributed by atoms with Crippen molar-refractivity contribution in [3.05, 3.63) is 29.3 Å². The molecule has 0 aliphatic heterocycles. The summed E-state index contributed by atoms with van der Waals surface area (Å²) in [5.74, 6) is 0.0811. The van der Waals surface area contributed by atoms with Gasteiger partial charge in [0.05, 0.1) is 0 Å². The smallest absolute Gasteiger partial charge is 0.251 e. The Morgan fingerprint density at radius 2 is 2.16 bits per heavy atom. The number of aliphatic hydroxyl groups is 1. The molecule has 1 aliphatic rings. The summed E-state index contributed by atoms with van der Waals surface area (Å²) in [7, 11) is 0. The third-order valence-electron chi connectivity index (χ3n) is 4.00. The Bertz CT molecular complexity index is 459. The molecule has 4 heteroatoms. The van der Waals surface area contributed by atoms with E-state index in [2.05, 4.69) is 5.32 Å². The van der Waals surface area contributed by atoms with Crippen molar-refractivity contribution in [1.29, 1.82) is 0 Å². The first kappa shape index (κ1) is 13.9. The summed E-state index contributed by atoms with van der Waals surface area (Å²) >= 11 is 0. The maximum absolute atomic E-state index is 12.2. The number of benzene rings is 1. The molecule has 0 radical (unpaired) electrons. The van der Waals surface area contributed by atoms with Gasteiger partial charge in [0.15, 0.2) is 0 Å². The lowest BCUT2D eigenvalue weighted by Crippen LogP contribution is -2.43. The number of amides is 1. The Hall–Kier alpha value is -1.55. The van der Waals surface area contributed by atoms with E-state index in [1.807, 2.05) is 13.0 Å². The Morgan fingerprint density at radius 3 is 2.84 bits per heavy atom. The summed E-state index contributed by atoms with van der Waals surface area (Å²) in [5.41, 5.74) is 8.02. The molecule has 4 nitrogen and oxygen atoms in total. The lowest BCUT2D eigenvalue weighted by molar-refractivity contribution is 0.0872. The Balaban J connectivity index is 2.05. The third-order valence-corrected chi connectivity index (χ3v) is 4.00. The number of hydrogen-bond donors (Lipinski definition) is 3. The largest absolute Gasteiger partial charge is 0.398 e. The average Bonchev–Trinajstić information content (AvgIpc) is 2.42. The van der Waals surface area contributed by atoms with Crippen LogP contribution in [0.3, 0.4) is 0 Å². The molecule has 2 atom stereocenters. The van der Waals surface area contributed by atoms with E-state index in [0.29, 0.717) is 11.3 Å². The van der Waals surface area contributed by atoms with Gasteiger partial charge in [-0.05, 0) is 37.5 Å². The molecule has 2 unspecified atom stereocenters. The van der Waals surface area contributed by atoms with Crippen molar-refractivity contribution in [3.63, 3.8) is 0 Å². The van der Waals surface area contributed by atoms with E-state index in [4.69, 9.17) is 5.73 Å². The quantitative estimate of drug-likeness (QED) is 0.728. The monoisotopic (exact) mass is 262 g/mol. The number of nitrogens with one attached hydrogen (secondary N) is 1. The summed E-state index contributed by atoms with van der Waals surface area (Å²) in [5, 5.41) is 12.4. The van der Waals surface area contributed by atoms with Crippen LogP contribution < -0.4 is 11.1 Å². The molecule has 0 heterocycles. The molecule has 2 rings (SSSR count). The summed E-state index contributed by atoms with van der Waals surface area (Å²) in [6.07, 6.45) is 4.17. The molecule has 1 aliphatic carbocycles. The highest BCUT2D eigenvalue weighted by Crippen LogP contribution is 2.24. The van der Waals surface area contributed by atoms with Gasteiger partial charge in [0, 0.05) is 29.8 Å². The molecule has 0 spiro atoms. The van der Waals surface area contributed by atoms with Crippen molar-refractivity contribution >= 4 is 11.6 Å². The predicted molar refractivity (Wildman–Crippen MR) is 75.9 cm³/mol. The van der Waals surface area contributed by atoms with Gasteiger partial charge < -0.3 is 16.2 Å². The van der Waals surface area contributed by atoms with E-state index in [-0.39, 0.29) is 24.5 Å². The number of nitrogen functional groups attached to an aromatic ring is 1. The Morgan fingerprint density at radius 1 is 1.42 bits per heavy atom. The second-order valence-electron chi connectivity index (χ2n) is 5.38.